The molecule has 0 aromatic heterocycles. The molecule has 0 rings (SSSR count). The number of hydrogen-bond donors (Lipinski definition) is 2. The van der Waals surface area contributed by atoms with Crippen LogP contribution in [0.15, 0.2) is 12.2 Å². The first-order valence-electron chi connectivity index (χ1n) is 8.98. The van der Waals surface area contributed by atoms with E-state index in [1.165, 1.54) is 12.8 Å². The van der Waals surface area contributed by atoms with Crippen LogP contribution in [0.25, 0.3) is 0 Å². The summed E-state index contributed by atoms with van der Waals surface area (Å²) < 4.78 is 0. The van der Waals surface area contributed by atoms with Gasteiger partial charge in [-0.25, -0.2) is 0 Å². The van der Waals surface area contributed by atoms with Gasteiger partial charge in [0, 0.05) is 0 Å². The molecule has 0 spiro atoms. The van der Waals surface area contributed by atoms with Crippen LogP contribution in [0.3, 0.4) is 0 Å². The molecule has 0 heterocycles. The molecule has 0 aliphatic rings. The summed E-state index contributed by atoms with van der Waals surface area (Å²) in [7, 11) is 0. The van der Waals surface area contributed by atoms with Crippen molar-refractivity contribution < 1.29 is 9.59 Å². The van der Waals surface area contributed by atoms with Crippen LogP contribution in [-0.4, -0.2) is 23.7 Å². The summed E-state index contributed by atoms with van der Waals surface area (Å²) in [5.74, 6) is 0. The first-order valence-corrected chi connectivity index (χ1v) is 8.98. The lowest BCUT2D eigenvalue weighted by atomic mass is 9.97. The Bertz CT molecular complexity index is 323. The Morgan fingerprint density at radius 1 is 0.696 bits per heavy atom. The highest BCUT2D eigenvalue weighted by Gasteiger charge is 2.16. The summed E-state index contributed by atoms with van der Waals surface area (Å²) in [6.07, 6.45) is 15.0. The molecule has 0 aliphatic carbocycles. The number of hydrogen-bond acceptors (Lipinski definition) is 4. The second-order valence-corrected chi connectivity index (χ2v) is 6.56. The normalized spacial score (nSPS) is 16.1. The number of nitrogens with two attached hydrogens (primary N) is 2. The Hall–Kier alpha value is -1.00. The summed E-state index contributed by atoms with van der Waals surface area (Å²) in [6.45, 7) is 7.54. The fourth-order valence-corrected chi connectivity index (χ4v) is 2.08. The van der Waals surface area contributed by atoms with E-state index in [0.29, 0.717) is 0 Å². The third-order valence-electron chi connectivity index (χ3n) is 3.63. The van der Waals surface area contributed by atoms with Crippen LogP contribution in [0.1, 0.15) is 85.5 Å². The lowest BCUT2D eigenvalue weighted by molar-refractivity contribution is -0.112. The van der Waals surface area contributed by atoms with Crippen molar-refractivity contribution in [2.45, 2.75) is 96.6 Å². The molecule has 0 aromatic rings. The SMILES string of the molecule is CC.CC(N)(C=O)CCC/C=C\CCCCCC[C@@](C)(N)C=O. The van der Waals surface area contributed by atoms with Crippen LogP contribution in [0, 0.1) is 0 Å². The van der Waals surface area contributed by atoms with Crippen molar-refractivity contribution in [3.63, 3.8) is 0 Å². The average molecular weight is 327 g/mol. The number of carbonyl (C=O) groups excluding carboxylic acids is 2. The van der Waals surface area contributed by atoms with E-state index in [0.717, 1.165) is 57.5 Å². The zero-order chi connectivity index (χ0) is 18.2. The molecule has 0 bridgehead atoms. The molecule has 4 nitrogen and oxygen atoms in total. The van der Waals surface area contributed by atoms with Crippen LogP contribution < -0.4 is 11.5 Å². The summed E-state index contributed by atoms with van der Waals surface area (Å²) in [4.78, 5) is 21.3. The highest BCUT2D eigenvalue weighted by Crippen LogP contribution is 2.12. The maximum absolute atomic E-state index is 10.6. The maximum atomic E-state index is 10.6. The molecule has 4 N–H and O–H groups in total. The van der Waals surface area contributed by atoms with E-state index in [9.17, 15) is 9.59 Å². The van der Waals surface area contributed by atoms with E-state index in [4.69, 9.17) is 11.5 Å². The summed E-state index contributed by atoms with van der Waals surface area (Å²) in [6, 6.07) is 0. The van der Waals surface area contributed by atoms with Crippen molar-refractivity contribution in [3.8, 4) is 0 Å². The number of carbonyl (C=O) groups is 2. The monoisotopic (exact) mass is 326 g/mol. The number of rotatable bonds is 13. The van der Waals surface area contributed by atoms with Gasteiger partial charge in [-0.1, -0.05) is 45.3 Å². The molecule has 0 fully saturated rings. The van der Waals surface area contributed by atoms with Crippen LogP contribution >= 0.6 is 0 Å². The first kappa shape index (κ1) is 24.3. The van der Waals surface area contributed by atoms with Gasteiger partial charge in [-0.2, -0.15) is 0 Å². The van der Waals surface area contributed by atoms with E-state index in [-0.39, 0.29) is 0 Å². The topological polar surface area (TPSA) is 86.2 Å². The van der Waals surface area contributed by atoms with Crippen molar-refractivity contribution in [1.82, 2.24) is 0 Å². The fraction of sp³-hybridized carbons (Fsp3) is 0.789. The molecule has 0 amide bonds. The summed E-state index contributed by atoms with van der Waals surface area (Å²) in [5, 5.41) is 0. The minimum atomic E-state index is -0.674. The van der Waals surface area contributed by atoms with Crippen LogP contribution in [0.5, 0.6) is 0 Å². The molecule has 1 unspecified atom stereocenters. The van der Waals surface area contributed by atoms with E-state index >= 15 is 0 Å². The molecule has 2 atom stereocenters. The number of allylic oxidation sites excluding steroid dienone is 2. The Morgan fingerprint density at radius 3 is 1.57 bits per heavy atom. The molecule has 0 aliphatic heterocycles. The fourth-order valence-electron chi connectivity index (χ4n) is 2.08. The quantitative estimate of drug-likeness (QED) is 0.305. The minimum Gasteiger partial charge on any atom is -0.319 e. The molecular formula is C19H38N2O2. The Labute approximate surface area is 143 Å². The molecule has 0 aromatic carbocycles. The van der Waals surface area contributed by atoms with Crippen molar-refractivity contribution in [2.24, 2.45) is 11.5 Å². The minimum absolute atomic E-state index is 0.654. The van der Waals surface area contributed by atoms with Crippen molar-refractivity contribution >= 4 is 12.6 Å². The smallest absolute Gasteiger partial charge is 0.139 e. The third-order valence-corrected chi connectivity index (χ3v) is 3.63. The Morgan fingerprint density at radius 2 is 1.09 bits per heavy atom. The van der Waals surface area contributed by atoms with Gasteiger partial charge in [0.05, 0.1) is 11.1 Å². The molecule has 0 saturated heterocycles. The lowest BCUT2D eigenvalue weighted by Gasteiger charge is -2.15. The highest BCUT2D eigenvalue weighted by molar-refractivity contribution is 5.63. The van der Waals surface area contributed by atoms with Crippen molar-refractivity contribution in [3.05, 3.63) is 12.2 Å². The summed E-state index contributed by atoms with van der Waals surface area (Å²) in [5.41, 5.74) is 10.2. The van der Waals surface area contributed by atoms with Crippen molar-refractivity contribution in [2.75, 3.05) is 0 Å². The lowest BCUT2D eigenvalue weighted by Crippen LogP contribution is -2.37. The largest absolute Gasteiger partial charge is 0.319 e. The van der Waals surface area contributed by atoms with Crippen LogP contribution in [0.2, 0.25) is 0 Å². The van der Waals surface area contributed by atoms with E-state index < -0.39 is 11.1 Å². The second kappa shape index (κ2) is 14.6. The van der Waals surface area contributed by atoms with E-state index in [2.05, 4.69) is 12.2 Å². The standard InChI is InChI=1S/C17H32N2O2.C2H6/c1-16(18,14-20)12-10-8-6-4-3-5-7-9-11-13-17(2,19)15-21;1-2/h4,6,14-15H,3,5,7-13,18-19H2,1-2H3;1-2H3/b6-4-;/t16?,17-;/m1./s1. The van der Waals surface area contributed by atoms with Crippen molar-refractivity contribution in [1.29, 1.82) is 0 Å². The van der Waals surface area contributed by atoms with Gasteiger partial charge in [0.25, 0.3) is 0 Å². The zero-order valence-corrected chi connectivity index (χ0v) is 15.6. The van der Waals surface area contributed by atoms with Gasteiger partial charge in [-0.3, -0.25) is 0 Å². The van der Waals surface area contributed by atoms with Gasteiger partial charge >= 0.3 is 0 Å². The van der Waals surface area contributed by atoms with Gasteiger partial charge in [-0.15, -0.1) is 0 Å². The molecule has 0 saturated carbocycles. The number of aldehydes is 2. The van der Waals surface area contributed by atoms with Gasteiger partial charge in [0.1, 0.15) is 12.6 Å². The summed E-state index contributed by atoms with van der Waals surface area (Å²) >= 11 is 0. The van der Waals surface area contributed by atoms with Gasteiger partial charge in [-0.05, 0) is 52.4 Å². The predicted octanol–water partition coefficient (Wildman–Crippen LogP) is 3.91. The zero-order valence-electron chi connectivity index (χ0n) is 15.6. The average Bonchev–Trinajstić information content (AvgIpc) is 2.54. The van der Waals surface area contributed by atoms with Crippen LogP contribution in [-0.2, 0) is 9.59 Å². The number of unbranched alkanes of at least 4 members (excludes halogenated alkanes) is 5. The van der Waals surface area contributed by atoms with E-state index in [1.54, 1.807) is 13.8 Å². The first-order chi connectivity index (χ1) is 10.8. The highest BCUT2D eigenvalue weighted by atomic mass is 16.1. The molecule has 23 heavy (non-hydrogen) atoms. The Kier molecular flexibility index (Phi) is 15.4. The second-order valence-electron chi connectivity index (χ2n) is 6.56. The molecule has 4 heteroatoms. The Balaban J connectivity index is 0. The third kappa shape index (κ3) is 17.2. The van der Waals surface area contributed by atoms with Gasteiger partial charge < -0.3 is 21.1 Å². The van der Waals surface area contributed by atoms with Gasteiger partial charge in [0.15, 0.2) is 0 Å². The molecular weight excluding hydrogens is 288 g/mol. The predicted molar refractivity (Wildman–Crippen MR) is 99.4 cm³/mol. The molecule has 0 radical (unpaired) electrons. The van der Waals surface area contributed by atoms with E-state index in [1.807, 2.05) is 13.8 Å². The maximum Gasteiger partial charge on any atom is 0.139 e. The molecule has 136 valence electrons. The van der Waals surface area contributed by atoms with Gasteiger partial charge in [0.2, 0.25) is 0 Å². The van der Waals surface area contributed by atoms with Crippen LogP contribution in [0.4, 0.5) is 0 Å².